The van der Waals surface area contributed by atoms with Gasteiger partial charge < -0.3 is 4.74 Å². The average molecular weight is 345 g/mol. The quantitative estimate of drug-likeness (QED) is 0.839. The Kier molecular flexibility index (Phi) is 4.48. The number of hydrogen-bond acceptors (Lipinski definition) is 4. The topological polar surface area (TPSA) is 55.3 Å². The fraction of sp³-hybridized carbons (Fsp3) is 0.278. The number of rotatable bonds is 4. The highest BCUT2D eigenvalue weighted by Crippen LogP contribution is 2.30. The molecule has 1 aliphatic rings. The normalized spacial score (nSPS) is 14.6. The first-order chi connectivity index (χ1) is 11.8. The van der Waals surface area contributed by atoms with Crippen LogP contribution in [0.25, 0.3) is 11.3 Å². The maximum absolute atomic E-state index is 13.5. The van der Waals surface area contributed by atoms with Gasteiger partial charge in [0.05, 0.1) is 36.1 Å². The summed E-state index contributed by atoms with van der Waals surface area (Å²) in [6.45, 7) is 3.29. The molecule has 0 aliphatic carbocycles. The number of alkyl halides is 2. The van der Waals surface area contributed by atoms with Crippen LogP contribution >= 0.6 is 0 Å². The molecule has 3 rings (SSSR count). The van der Waals surface area contributed by atoms with Crippen molar-refractivity contribution in [3.05, 3.63) is 59.8 Å². The highest BCUT2D eigenvalue weighted by Gasteiger charge is 2.24. The number of carbonyl (C=O) groups excluding carboxylic acids is 1. The Labute approximate surface area is 144 Å². The molecule has 0 saturated carbocycles. The maximum atomic E-state index is 13.5. The number of benzene rings is 1. The van der Waals surface area contributed by atoms with E-state index in [2.05, 4.69) is 9.97 Å². The molecule has 1 aromatic heterocycles. The lowest BCUT2D eigenvalue weighted by Crippen LogP contribution is -2.33. The predicted octanol–water partition coefficient (Wildman–Crippen LogP) is 4.03. The van der Waals surface area contributed by atoms with Gasteiger partial charge >= 0.3 is 6.09 Å². The first kappa shape index (κ1) is 17.0. The minimum Gasteiger partial charge on any atom is -0.418 e. The Bertz CT molecular complexity index is 831. The van der Waals surface area contributed by atoms with Crippen LogP contribution in [-0.4, -0.2) is 27.5 Å². The van der Waals surface area contributed by atoms with Crippen LogP contribution in [0.4, 0.5) is 13.6 Å². The van der Waals surface area contributed by atoms with Crippen molar-refractivity contribution in [3.63, 3.8) is 0 Å². The van der Waals surface area contributed by atoms with E-state index in [4.69, 9.17) is 4.74 Å². The first-order valence-electron chi connectivity index (χ1n) is 7.76. The molecule has 5 nitrogen and oxygen atoms in total. The number of nitrogens with zero attached hydrogens (tertiary/aromatic N) is 3. The Balaban J connectivity index is 1.92. The number of ether oxygens (including phenoxy) is 1. The van der Waals surface area contributed by atoms with Crippen LogP contribution in [0.15, 0.2) is 42.8 Å². The zero-order valence-corrected chi connectivity index (χ0v) is 13.9. The fourth-order valence-corrected chi connectivity index (χ4v) is 2.46. The van der Waals surface area contributed by atoms with Crippen molar-refractivity contribution in [2.45, 2.75) is 26.3 Å². The van der Waals surface area contributed by atoms with Crippen LogP contribution in [0.3, 0.4) is 0 Å². The summed E-state index contributed by atoms with van der Waals surface area (Å²) in [5, 5.41) is 0. The summed E-state index contributed by atoms with van der Waals surface area (Å²) < 4.78 is 31.9. The largest absolute Gasteiger partial charge is 0.418 e. The Morgan fingerprint density at radius 3 is 2.88 bits per heavy atom. The molecule has 1 amide bonds. The molecule has 0 saturated heterocycles. The molecule has 0 atom stereocenters. The molecule has 2 heterocycles. The van der Waals surface area contributed by atoms with E-state index in [9.17, 15) is 13.6 Å². The van der Waals surface area contributed by atoms with Crippen molar-refractivity contribution >= 4 is 6.09 Å². The first-order valence-corrected chi connectivity index (χ1v) is 7.76. The zero-order chi connectivity index (χ0) is 18.0. The highest BCUT2D eigenvalue weighted by molar-refractivity contribution is 5.69. The van der Waals surface area contributed by atoms with Gasteiger partial charge in [0.25, 0.3) is 5.92 Å². The van der Waals surface area contributed by atoms with E-state index in [-0.39, 0.29) is 12.1 Å². The minimum absolute atomic E-state index is 0.0846. The average Bonchev–Trinajstić information content (AvgIpc) is 2.58. The summed E-state index contributed by atoms with van der Waals surface area (Å²) in [5.74, 6) is -2.93. The van der Waals surface area contributed by atoms with Crippen LogP contribution < -0.4 is 0 Å². The lowest BCUT2D eigenvalue weighted by atomic mass is 10.0. The zero-order valence-electron chi connectivity index (χ0n) is 13.9. The third-order valence-corrected chi connectivity index (χ3v) is 3.91. The number of cyclic esters (lactones) is 1. The molecule has 0 radical (unpaired) electrons. The smallest absolute Gasteiger partial charge is 0.415 e. The third kappa shape index (κ3) is 3.81. The summed E-state index contributed by atoms with van der Waals surface area (Å²) >= 11 is 0. The van der Waals surface area contributed by atoms with E-state index < -0.39 is 12.0 Å². The van der Waals surface area contributed by atoms with Crippen molar-refractivity contribution in [1.29, 1.82) is 0 Å². The molecule has 2 aromatic rings. The number of halogens is 2. The van der Waals surface area contributed by atoms with Gasteiger partial charge in [-0.3, -0.25) is 9.88 Å². The third-order valence-electron chi connectivity index (χ3n) is 3.91. The summed E-state index contributed by atoms with van der Waals surface area (Å²) in [6.07, 6.45) is 4.16. The molecular weight excluding hydrogens is 328 g/mol. The monoisotopic (exact) mass is 345 g/mol. The highest BCUT2D eigenvalue weighted by atomic mass is 19.3. The number of carbonyl (C=O) groups is 1. The van der Waals surface area contributed by atoms with Crippen molar-refractivity contribution < 1.29 is 18.3 Å². The molecule has 0 unspecified atom stereocenters. The van der Waals surface area contributed by atoms with Crippen LogP contribution in [0, 0.1) is 6.92 Å². The summed E-state index contributed by atoms with van der Waals surface area (Å²) in [4.78, 5) is 22.0. The fourth-order valence-electron chi connectivity index (χ4n) is 2.46. The van der Waals surface area contributed by atoms with Gasteiger partial charge in [-0.1, -0.05) is 18.2 Å². The molecule has 7 heteroatoms. The summed E-state index contributed by atoms with van der Waals surface area (Å²) in [5.41, 5.74) is 2.21. The number of aromatic nitrogens is 2. The molecule has 25 heavy (non-hydrogen) atoms. The van der Waals surface area contributed by atoms with Crippen molar-refractivity contribution in [2.24, 2.45) is 0 Å². The Hall–Kier alpha value is -2.83. The van der Waals surface area contributed by atoms with Crippen molar-refractivity contribution in [1.82, 2.24) is 14.9 Å². The second-order valence-electron chi connectivity index (χ2n) is 5.89. The van der Waals surface area contributed by atoms with E-state index in [1.807, 2.05) is 0 Å². The van der Waals surface area contributed by atoms with E-state index >= 15 is 0 Å². The van der Waals surface area contributed by atoms with Crippen LogP contribution in [0.1, 0.15) is 23.9 Å². The Morgan fingerprint density at radius 2 is 2.16 bits per heavy atom. The maximum Gasteiger partial charge on any atom is 0.415 e. The summed E-state index contributed by atoms with van der Waals surface area (Å²) in [7, 11) is 0. The molecule has 0 bridgehead atoms. The lowest BCUT2D eigenvalue weighted by Gasteiger charge is -2.22. The molecule has 0 spiro atoms. The van der Waals surface area contributed by atoms with Gasteiger partial charge in [0, 0.05) is 24.6 Å². The van der Waals surface area contributed by atoms with E-state index in [1.54, 1.807) is 31.3 Å². The van der Waals surface area contributed by atoms with E-state index in [0.717, 1.165) is 6.92 Å². The minimum atomic E-state index is -2.93. The standard InChI is InChI=1S/C18H17F2N3O2/c1-12-16(11-23-7-4-8-25-17(23)24)22-15(10-21-12)13-5-3-6-14(9-13)18(2,19)20/h3-6,8-10H,7,11H2,1-2H3. The van der Waals surface area contributed by atoms with E-state index in [0.29, 0.717) is 29.2 Å². The number of hydrogen-bond donors (Lipinski definition) is 0. The van der Waals surface area contributed by atoms with Gasteiger partial charge in [-0.25, -0.2) is 18.6 Å². The predicted molar refractivity (Wildman–Crippen MR) is 87.8 cm³/mol. The molecule has 1 aromatic carbocycles. The van der Waals surface area contributed by atoms with Gasteiger partial charge in [0.2, 0.25) is 0 Å². The Morgan fingerprint density at radius 1 is 1.36 bits per heavy atom. The van der Waals surface area contributed by atoms with Crippen LogP contribution in [0.5, 0.6) is 0 Å². The number of aryl methyl sites for hydroxylation is 1. The van der Waals surface area contributed by atoms with Gasteiger partial charge in [-0.2, -0.15) is 0 Å². The van der Waals surface area contributed by atoms with Gasteiger partial charge in [0.1, 0.15) is 0 Å². The summed E-state index contributed by atoms with van der Waals surface area (Å²) in [6, 6.07) is 6.05. The van der Waals surface area contributed by atoms with Crippen molar-refractivity contribution in [2.75, 3.05) is 6.54 Å². The van der Waals surface area contributed by atoms with Crippen molar-refractivity contribution in [3.8, 4) is 11.3 Å². The van der Waals surface area contributed by atoms with Crippen LogP contribution in [0.2, 0.25) is 0 Å². The second kappa shape index (κ2) is 6.58. The number of amides is 1. The molecule has 0 fully saturated rings. The van der Waals surface area contributed by atoms with Gasteiger partial charge in [-0.05, 0) is 19.1 Å². The molecule has 0 N–H and O–H groups in total. The van der Waals surface area contributed by atoms with Gasteiger partial charge in [-0.15, -0.1) is 0 Å². The van der Waals surface area contributed by atoms with Crippen LogP contribution in [-0.2, 0) is 17.2 Å². The molecular formula is C18H17F2N3O2. The lowest BCUT2D eigenvalue weighted by molar-refractivity contribution is 0.0175. The SMILES string of the molecule is Cc1ncc(-c2cccc(C(C)(F)F)c2)nc1CN1CC=COC1=O. The van der Waals surface area contributed by atoms with Gasteiger partial charge in [0.15, 0.2) is 0 Å². The van der Waals surface area contributed by atoms with E-state index in [1.165, 1.54) is 23.3 Å². The molecule has 1 aliphatic heterocycles. The second-order valence-corrected chi connectivity index (χ2v) is 5.89. The molecule has 130 valence electrons.